The first-order chi connectivity index (χ1) is 6.25. The summed E-state index contributed by atoms with van der Waals surface area (Å²) in [5.74, 6) is 1.38. The summed E-state index contributed by atoms with van der Waals surface area (Å²) in [6.07, 6.45) is 2.47. The second-order valence-electron chi connectivity index (χ2n) is 3.94. The number of nitrogens with one attached hydrogen (secondary N) is 1. The molecule has 0 aromatic heterocycles. The Morgan fingerprint density at radius 3 is 2.85 bits per heavy atom. The van der Waals surface area contributed by atoms with Gasteiger partial charge in [0.15, 0.2) is 0 Å². The summed E-state index contributed by atoms with van der Waals surface area (Å²) in [4.78, 5) is 0. The molecular formula is C9H14F2N2. The van der Waals surface area contributed by atoms with Crippen molar-refractivity contribution in [1.29, 1.82) is 0 Å². The molecule has 2 unspecified atom stereocenters. The molecule has 0 aliphatic heterocycles. The van der Waals surface area contributed by atoms with Crippen LogP contribution in [0, 0.1) is 11.8 Å². The molecule has 0 aromatic carbocycles. The highest BCUT2D eigenvalue weighted by atomic mass is 19.3. The second kappa shape index (κ2) is 3.60. The zero-order chi connectivity index (χ0) is 9.26. The third-order valence-electron chi connectivity index (χ3n) is 2.98. The number of rotatable bonds is 3. The molecule has 2 rings (SSSR count). The SMILES string of the molecule is FC(F)CN/N=C1\CC2CCC1C2. The van der Waals surface area contributed by atoms with E-state index < -0.39 is 6.43 Å². The fourth-order valence-corrected chi connectivity index (χ4v) is 2.38. The van der Waals surface area contributed by atoms with E-state index in [9.17, 15) is 8.78 Å². The zero-order valence-corrected chi connectivity index (χ0v) is 7.47. The first kappa shape index (κ1) is 8.91. The van der Waals surface area contributed by atoms with Crippen LogP contribution in [-0.4, -0.2) is 18.7 Å². The Bertz CT molecular complexity index is 216. The fourth-order valence-electron chi connectivity index (χ4n) is 2.38. The Kier molecular flexibility index (Phi) is 2.47. The number of fused-ring (bicyclic) bond motifs is 2. The Morgan fingerprint density at radius 2 is 2.31 bits per heavy atom. The highest BCUT2D eigenvalue weighted by molar-refractivity contribution is 5.89. The average molecular weight is 188 g/mol. The van der Waals surface area contributed by atoms with E-state index in [1.807, 2.05) is 0 Å². The summed E-state index contributed by atoms with van der Waals surface area (Å²) in [7, 11) is 0. The van der Waals surface area contributed by atoms with E-state index in [0.717, 1.165) is 18.1 Å². The van der Waals surface area contributed by atoms with Gasteiger partial charge >= 0.3 is 0 Å². The van der Waals surface area contributed by atoms with Gasteiger partial charge in [0.1, 0.15) is 0 Å². The average Bonchev–Trinajstić information content (AvgIpc) is 2.64. The smallest absolute Gasteiger partial charge is 0.257 e. The molecule has 0 amide bonds. The molecule has 4 heteroatoms. The van der Waals surface area contributed by atoms with Gasteiger partial charge in [-0.05, 0) is 37.5 Å². The minimum Gasteiger partial charge on any atom is -0.304 e. The highest BCUT2D eigenvalue weighted by Crippen LogP contribution is 2.42. The molecule has 2 aliphatic carbocycles. The largest absolute Gasteiger partial charge is 0.304 e. The van der Waals surface area contributed by atoms with E-state index in [1.165, 1.54) is 19.3 Å². The van der Waals surface area contributed by atoms with Crippen LogP contribution < -0.4 is 5.43 Å². The van der Waals surface area contributed by atoms with Crippen LogP contribution in [0.25, 0.3) is 0 Å². The minimum absolute atomic E-state index is 0.319. The third kappa shape index (κ3) is 1.98. The van der Waals surface area contributed by atoms with Crippen LogP contribution in [0.3, 0.4) is 0 Å². The number of hydrogen-bond acceptors (Lipinski definition) is 2. The summed E-state index contributed by atoms with van der Waals surface area (Å²) in [5, 5.41) is 4.03. The van der Waals surface area contributed by atoms with Gasteiger partial charge < -0.3 is 5.43 Å². The normalized spacial score (nSPS) is 34.8. The van der Waals surface area contributed by atoms with E-state index in [1.54, 1.807) is 0 Å². The molecule has 2 fully saturated rings. The first-order valence-corrected chi connectivity index (χ1v) is 4.83. The molecule has 74 valence electrons. The maximum absolute atomic E-state index is 11.8. The van der Waals surface area contributed by atoms with Crippen molar-refractivity contribution >= 4 is 5.71 Å². The summed E-state index contributed by atoms with van der Waals surface area (Å²) in [6.45, 7) is -0.319. The maximum Gasteiger partial charge on any atom is 0.257 e. The molecule has 2 atom stereocenters. The van der Waals surface area contributed by atoms with E-state index in [-0.39, 0.29) is 6.54 Å². The van der Waals surface area contributed by atoms with Crippen LogP contribution in [0.15, 0.2) is 5.10 Å². The number of hydrazone groups is 1. The van der Waals surface area contributed by atoms with Gasteiger partial charge in [0, 0.05) is 5.71 Å². The van der Waals surface area contributed by atoms with Gasteiger partial charge in [-0.2, -0.15) is 5.10 Å². The highest BCUT2D eigenvalue weighted by Gasteiger charge is 2.36. The van der Waals surface area contributed by atoms with Crippen molar-refractivity contribution in [3.8, 4) is 0 Å². The van der Waals surface area contributed by atoms with Crippen LogP contribution in [0.4, 0.5) is 8.78 Å². The van der Waals surface area contributed by atoms with Crippen molar-refractivity contribution < 1.29 is 8.78 Å². The molecule has 13 heavy (non-hydrogen) atoms. The Hall–Kier alpha value is -0.670. The van der Waals surface area contributed by atoms with Crippen molar-refractivity contribution in [3.05, 3.63) is 0 Å². The van der Waals surface area contributed by atoms with E-state index in [4.69, 9.17) is 0 Å². The van der Waals surface area contributed by atoms with Gasteiger partial charge in [0.25, 0.3) is 6.43 Å². The maximum atomic E-state index is 11.8. The topological polar surface area (TPSA) is 24.4 Å². The standard InChI is InChI=1S/C9H14F2N2/c10-9(11)5-12-13-8-4-6-1-2-7(8)3-6/h6-7,9,12H,1-5H2/b13-8+. The Morgan fingerprint density at radius 1 is 1.46 bits per heavy atom. The van der Waals surface area contributed by atoms with Crippen molar-refractivity contribution in [1.82, 2.24) is 5.43 Å². The molecular weight excluding hydrogens is 174 g/mol. The molecule has 2 saturated carbocycles. The molecule has 0 aromatic rings. The van der Waals surface area contributed by atoms with Crippen molar-refractivity contribution in [2.24, 2.45) is 16.9 Å². The zero-order valence-electron chi connectivity index (χ0n) is 7.47. The summed E-state index contributed by atoms with van der Waals surface area (Å²) < 4.78 is 23.5. The van der Waals surface area contributed by atoms with Gasteiger partial charge in [0.05, 0.1) is 6.54 Å². The predicted octanol–water partition coefficient (Wildman–Crippen LogP) is 2.02. The van der Waals surface area contributed by atoms with Crippen LogP contribution in [0.5, 0.6) is 0 Å². The molecule has 2 bridgehead atoms. The van der Waals surface area contributed by atoms with E-state index in [2.05, 4.69) is 10.5 Å². The Labute approximate surface area is 76.4 Å². The van der Waals surface area contributed by atoms with Gasteiger partial charge in [0.2, 0.25) is 0 Å². The Balaban J connectivity index is 1.81. The van der Waals surface area contributed by atoms with Gasteiger partial charge in [-0.3, -0.25) is 0 Å². The molecule has 0 spiro atoms. The van der Waals surface area contributed by atoms with Crippen LogP contribution in [0.1, 0.15) is 25.7 Å². The minimum atomic E-state index is -2.30. The molecule has 2 aliphatic rings. The second-order valence-corrected chi connectivity index (χ2v) is 3.94. The molecule has 0 radical (unpaired) electrons. The first-order valence-electron chi connectivity index (χ1n) is 4.83. The lowest BCUT2D eigenvalue weighted by Gasteiger charge is -2.11. The number of hydrogen-bond donors (Lipinski definition) is 1. The summed E-state index contributed by atoms with van der Waals surface area (Å²) in [6, 6.07) is 0. The van der Waals surface area contributed by atoms with Crippen molar-refractivity contribution in [2.45, 2.75) is 32.1 Å². The molecule has 2 nitrogen and oxygen atoms in total. The number of alkyl halides is 2. The lowest BCUT2D eigenvalue weighted by Crippen LogP contribution is -2.20. The van der Waals surface area contributed by atoms with Crippen LogP contribution >= 0.6 is 0 Å². The van der Waals surface area contributed by atoms with Gasteiger partial charge in [-0.25, -0.2) is 8.78 Å². The molecule has 0 heterocycles. The monoisotopic (exact) mass is 188 g/mol. The van der Waals surface area contributed by atoms with Crippen LogP contribution in [-0.2, 0) is 0 Å². The molecule has 1 N–H and O–H groups in total. The van der Waals surface area contributed by atoms with Gasteiger partial charge in [-0.1, -0.05) is 0 Å². The molecule has 0 saturated heterocycles. The third-order valence-corrected chi connectivity index (χ3v) is 2.98. The predicted molar refractivity (Wildman–Crippen MR) is 46.9 cm³/mol. The number of halogens is 2. The quantitative estimate of drug-likeness (QED) is 0.673. The van der Waals surface area contributed by atoms with E-state index in [0.29, 0.717) is 5.92 Å². The summed E-state index contributed by atoms with van der Waals surface area (Å²) >= 11 is 0. The van der Waals surface area contributed by atoms with Crippen molar-refractivity contribution in [2.75, 3.05) is 6.54 Å². The lowest BCUT2D eigenvalue weighted by molar-refractivity contribution is 0.146. The van der Waals surface area contributed by atoms with Crippen molar-refractivity contribution in [3.63, 3.8) is 0 Å². The number of nitrogens with zero attached hydrogens (tertiary/aromatic N) is 1. The fraction of sp³-hybridized carbons (Fsp3) is 0.889. The van der Waals surface area contributed by atoms with E-state index >= 15 is 0 Å². The van der Waals surface area contributed by atoms with Crippen LogP contribution in [0.2, 0.25) is 0 Å². The summed E-state index contributed by atoms with van der Waals surface area (Å²) in [5.41, 5.74) is 3.57. The van der Waals surface area contributed by atoms with Gasteiger partial charge in [-0.15, -0.1) is 0 Å². The lowest BCUT2D eigenvalue weighted by atomic mass is 9.99.